The third-order valence-electron chi connectivity index (χ3n) is 10.3. The van der Waals surface area contributed by atoms with E-state index in [0.29, 0.717) is 19.3 Å². The summed E-state index contributed by atoms with van der Waals surface area (Å²) in [6.07, 6.45) is 2.31. The maximum Gasteiger partial charge on any atom is 0.303 e. The first-order valence-corrected chi connectivity index (χ1v) is 12.1. The first-order chi connectivity index (χ1) is 16.0. The zero-order chi connectivity index (χ0) is 26.2. The Hall–Kier alpha value is -0.610. The lowest BCUT2D eigenvalue weighted by Gasteiger charge is -2.64. The Bertz CT molecular complexity index is 833. The second kappa shape index (κ2) is 8.06. The highest BCUT2D eigenvalue weighted by molar-refractivity contribution is 5.66. The van der Waals surface area contributed by atoms with Crippen LogP contribution in [-0.4, -0.2) is 33.5 Å². The Morgan fingerprint density at radius 1 is 1.10 bits per heavy atom. The minimum atomic E-state index is -2.46. The van der Waals surface area contributed by atoms with Gasteiger partial charge >= 0.3 is 5.97 Å². The van der Waals surface area contributed by atoms with Crippen molar-refractivity contribution in [2.45, 2.75) is 104 Å². The fourth-order valence-corrected chi connectivity index (χ4v) is 8.69. The van der Waals surface area contributed by atoms with Crippen LogP contribution in [0.25, 0.3) is 0 Å². The van der Waals surface area contributed by atoms with Gasteiger partial charge in [-0.15, -0.1) is 0 Å². The maximum atomic E-state index is 12.0. The second-order valence-electron chi connectivity index (χ2n) is 11.5. The summed E-state index contributed by atoms with van der Waals surface area (Å²) in [6, 6.07) is 0. The lowest BCUT2D eigenvalue weighted by Crippen LogP contribution is -2.62. The number of carboxylic acids is 1. The number of aliphatic hydroxyl groups is 2. The Morgan fingerprint density at radius 2 is 1.80 bits per heavy atom. The van der Waals surface area contributed by atoms with Crippen LogP contribution in [0, 0.1) is 52.2 Å². The number of hydrogen-bond acceptors (Lipinski definition) is 3. The molecule has 3 N–H and O–H groups in total. The average Bonchev–Trinajstić information content (AvgIpc) is 3.07. The van der Waals surface area contributed by atoms with Crippen molar-refractivity contribution < 1.29 is 27.0 Å². The van der Waals surface area contributed by atoms with E-state index in [4.69, 9.17) is 4.11 Å². The van der Waals surface area contributed by atoms with Crippen molar-refractivity contribution >= 4 is 5.97 Å². The lowest BCUT2D eigenvalue weighted by molar-refractivity contribution is -0.203. The first kappa shape index (κ1) is 16.9. The number of carboxylic acid groups (broad SMARTS) is 1. The zero-order valence-corrected chi connectivity index (χ0v) is 18.9. The van der Waals surface area contributed by atoms with Crippen LogP contribution in [0.3, 0.4) is 0 Å². The molecule has 0 aromatic rings. The molecule has 11 atom stereocenters. The Kier molecular flexibility index (Phi) is 4.56. The van der Waals surface area contributed by atoms with Gasteiger partial charge in [0.05, 0.1) is 13.6 Å². The number of hydrogen-bond donors (Lipinski definition) is 3. The standard InChI is InChI=1S/C26H44O4/c1-5-17-21-14-16(27)10-12-26(21,4)20-11-13-25(3)18(15(2)6-9-22(28)29)7-8-19(25)23(20)24(17)30/h15-21,23-24,27,30H,5-14H2,1-4H3,(H,28,29)/t15-,16-,17?,18-,19+,20+,21+,23+,24-,25-,26-/m1/s1/i1D3,17D,24D. The third-order valence-corrected chi connectivity index (χ3v) is 10.3. The van der Waals surface area contributed by atoms with Gasteiger partial charge in [0.15, 0.2) is 0 Å². The summed E-state index contributed by atoms with van der Waals surface area (Å²) in [4.78, 5) is 11.2. The smallest absolute Gasteiger partial charge is 0.303 e. The van der Waals surface area contributed by atoms with Crippen LogP contribution in [-0.2, 0) is 4.79 Å². The largest absolute Gasteiger partial charge is 0.481 e. The van der Waals surface area contributed by atoms with Crippen LogP contribution in [0.4, 0.5) is 0 Å². The second-order valence-corrected chi connectivity index (χ2v) is 11.5. The quantitative estimate of drug-likeness (QED) is 0.572. The maximum absolute atomic E-state index is 12.0. The summed E-state index contributed by atoms with van der Waals surface area (Å²) in [6.45, 7) is 4.01. The third kappa shape index (κ3) is 3.36. The van der Waals surface area contributed by atoms with E-state index in [1.165, 1.54) is 0 Å². The van der Waals surface area contributed by atoms with E-state index in [1.807, 2.05) is 0 Å². The van der Waals surface area contributed by atoms with Crippen LogP contribution in [0.2, 0.25) is 0 Å². The minimum absolute atomic E-state index is 0.00345. The highest BCUT2D eigenvalue weighted by Crippen LogP contribution is 2.69. The van der Waals surface area contributed by atoms with Crippen molar-refractivity contribution in [3.05, 3.63) is 0 Å². The van der Waals surface area contributed by atoms with Gasteiger partial charge in [-0.1, -0.05) is 34.0 Å². The lowest BCUT2D eigenvalue weighted by atomic mass is 9.41. The SMILES string of the molecule is [2H]C([2H])([2H])CC1([2H])[C@@H]2C[C@H](O)CC[C@]2(C)[C@H]2CC[C@]3(C)[C@@H]([C@H](C)CCC(=O)O)CC[C@H]3[C@@H]2[C@]1([2H])O. The molecule has 4 fully saturated rings. The number of carbonyl (C=O) groups is 1. The number of aliphatic carboxylic acids is 1. The molecule has 0 heterocycles. The molecule has 172 valence electrons. The molecule has 4 aliphatic carbocycles. The van der Waals surface area contributed by atoms with Gasteiger partial charge < -0.3 is 15.3 Å². The predicted octanol–water partition coefficient (Wildman–Crippen LogP) is 5.11. The molecule has 0 bridgehead atoms. The van der Waals surface area contributed by atoms with Crippen molar-refractivity contribution in [2.75, 3.05) is 0 Å². The van der Waals surface area contributed by atoms with Crippen molar-refractivity contribution in [3.8, 4) is 0 Å². The molecule has 0 aliphatic heterocycles. The summed E-state index contributed by atoms with van der Waals surface area (Å²) in [5.41, 5.74) is -0.578. The van der Waals surface area contributed by atoms with Crippen LogP contribution >= 0.6 is 0 Å². The highest BCUT2D eigenvalue weighted by Gasteiger charge is 2.64. The average molecular weight is 426 g/mol. The van der Waals surface area contributed by atoms with Gasteiger partial charge in [0, 0.05) is 11.9 Å². The molecule has 0 radical (unpaired) electrons. The van der Waals surface area contributed by atoms with Gasteiger partial charge in [0.1, 0.15) is 0 Å². The molecule has 0 amide bonds. The molecule has 4 nitrogen and oxygen atoms in total. The van der Waals surface area contributed by atoms with E-state index < -0.39 is 54.6 Å². The van der Waals surface area contributed by atoms with Gasteiger partial charge in [0.2, 0.25) is 0 Å². The molecule has 4 aliphatic rings. The van der Waals surface area contributed by atoms with Crippen LogP contribution < -0.4 is 0 Å². The van der Waals surface area contributed by atoms with Gasteiger partial charge in [-0.05, 0) is 104 Å². The van der Waals surface area contributed by atoms with Crippen LogP contribution in [0.15, 0.2) is 0 Å². The van der Waals surface area contributed by atoms with E-state index in [0.717, 1.165) is 25.7 Å². The van der Waals surface area contributed by atoms with Crippen molar-refractivity contribution in [1.29, 1.82) is 0 Å². The molecule has 0 saturated heterocycles. The van der Waals surface area contributed by atoms with Crippen LogP contribution in [0.1, 0.15) is 98.7 Å². The number of aliphatic hydroxyl groups excluding tert-OH is 1. The van der Waals surface area contributed by atoms with Gasteiger partial charge in [0.25, 0.3) is 0 Å². The fourth-order valence-electron chi connectivity index (χ4n) is 8.69. The molecule has 0 aromatic carbocycles. The molecular weight excluding hydrogens is 376 g/mol. The fraction of sp³-hybridized carbons (Fsp3) is 0.962. The van der Waals surface area contributed by atoms with Crippen molar-refractivity contribution in [2.24, 2.45) is 52.2 Å². The first-order valence-electron chi connectivity index (χ1n) is 14.6. The summed E-state index contributed by atoms with van der Waals surface area (Å²) in [7, 11) is 0. The molecule has 0 aromatic heterocycles. The monoisotopic (exact) mass is 425 g/mol. The minimum Gasteiger partial charge on any atom is -0.481 e. The summed E-state index contributed by atoms with van der Waals surface area (Å²) < 4.78 is 42.9. The molecule has 4 rings (SSSR count). The predicted molar refractivity (Wildman–Crippen MR) is 118 cm³/mol. The van der Waals surface area contributed by atoms with Crippen molar-refractivity contribution in [1.82, 2.24) is 0 Å². The van der Waals surface area contributed by atoms with Gasteiger partial charge in [-0.3, -0.25) is 4.79 Å². The Morgan fingerprint density at radius 3 is 2.50 bits per heavy atom. The van der Waals surface area contributed by atoms with E-state index >= 15 is 0 Å². The summed E-state index contributed by atoms with van der Waals surface area (Å²) in [5, 5.41) is 31.7. The summed E-state index contributed by atoms with van der Waals surface area (Å²) in [5.74, 6) is -3.28. The van der Waals surface area contributed by atoms with E-state index in [9.17, 15) is 22.9 Å². The zero-order valence-electron chi connectivity index (χ0n) is 23.9. The molecule has 4 heteroatoms. The molecule has 30 heavy (non-hydrogen) atoms. The number of rotatable bonds is 5. The molecular formula is C26H44O4. The Balaban J connectivity index is 1.75. The van der Waals surface area contributed by atoms with E-state index in [1.54, 1.807) is 0 Å². The molecule has 4 saturated carbocycles. The van der Waals surface area contributed by atoms with E-state index in [-0.39, 0.29) is 41.9 Å². The number of fused-ring (bicyclic) bond motifs is 5. The summed E-state index contributed by atoms with van der Waals surface area (Å²) >= 11 is 0. The molecule has 1 unspecified atom stereocenters. The normalized spacial score (nSPS) is 59.3. The molecule has 0 spiro atoms. The topological polar surface area (TPSA) is 77.8 Å². The van der Waals surface area contributed by atoms with Crippen molar-refractivity contribution in [3.63, 3.8) is 0 Å². The highest BCUT2D eigenvalue weighted by atomic mass is 16.4. The van der Waals surface area contributed by atoms with Crippen LogP contribution in [0.5, 0.6) is 0 Å². The van der Waals surface area contributed by atoms with Gasteiger partial charge in [-0.25, -0.2) is 0 Å². The van der Waals surface area contributed by atoms with Gasteiger partial charge in [-0.2, -0.15) is 0 Å². The van der Waals surface area contributed by atoms with E-state index in [2.05, 4.69) is 20.8 Å². The Labute approximate surface area is 189 Å².